The van der Waals surface area contributed by atoms with E-state index in [1.807, 2.05) is 44.2 Å². The number of hydrogen-bond donors (Lipinski definition) is 1. The van der Waals surface area contributed by atoms with E-state index in [0.29, 0.717) is 11.3 Å². The summed E-state index contributed by atoms with van der Waals surface area (Å²) < 4.78 is 33.0. The number of hydrogen-bond acceptors (Lipinski definition) is 4. The molecule has 6 nitrogen and oxygen atoms in total. The summed E-state index contributed by atoms with van der Waals surface area (Å²) >= 11 is 0. The molecule has 0 unspecified atom stereocenters. The minimum atomic E-state index is -3.87. The van der Waals surface area contributed by atoms with Gasteiger partial charge in [-0.05, 0) is 49.6 Å². The van der Waals surface area contributed by atoms with Gasteiger partial charge >= 0.3 is 0 Å². The molecule has 0 aliphatic carbocycles. The Bertz CT molecular complexity index is 898. The van der Waals surface area contributed by atoms with E-state index in [1.165, 1.54) is 17.5 Å². The van der Waals surface area contributed by atoms with Crippen LogP contribution in [0.15, 0.2) is 53.4 Å². The molecule has 2 aromatic rings. The topological polar surface area (TPSA) is 75.7 Å². The smallest absolute Gasteiger partial charge is 0.243 e. The van der Waals surface area contributed by atoms with Crippen molar-refractivity contribution in [3.63, 3.8) is 0 Å². The van der Waals surface area contributed by atoms with Gasteiger partial charge in [-0.2, -0.15) is 4.31 Å². The molecule has 2 rings (SSSR count). The lowest BCUT2D eigenvalue weighted by Gasteiger charge is -2.23. The van der Waals surface area contributed by atoms with Gasteiger partial charge in [0.15, 0.2) is 0 Å². The van der Waals surface area contributed by atoms with Crippen molar-refractivity contribution in [2.75, 3.05) is 13.7 Å². The molecule has 2 aromatic carbocycles. The van der Waals surface area contributed by atoms with Gasteiger partial charge < -0.3 is 10.1 Å². The summed E-state index contributed by atoms with van der Waals surface area (Å²) in [5, 5.41) is 2.83. The molecule has 28 heavy (non-hydrogen) atoms. The highest BCUT2D eigenvalue weighted by atomic mass is 32.2. The van der Waals surface area contributed by atoms with Gasteiger partial charge in [0.05, 0.1) is 18.6 Å². The first kappa shape index (κ1) is 21.9. The van der Waals surface area contributed by atoms with Crippen molar-refractivity contribution in [3.8, 4) is 5.75 Å². The first-order valence-electron chi connectivity index (χ1n) is 9.26. The van der Waals surface area contributed by atoms with Crippen molar-refractivity contribution in [3.05, 3.63) is 59.7 Å². The molecule has 7 heteroatoms. The van der Waals surface area contributed by atoms with E-state index in [9.17, 15) is 13.2 Å². The second-order valence-electron chi connectivity index (χ2n) is 6.77. The van der Waals surface area contributed by atoms with Crippen molar-refractivity contribution >= 4 is 15.9 Å². The van der Waals surface area contributed by atoms with E-state index >= 15 is 0 Å². The third kappa shape index (κ3) is 5.56. The summed E-state index contributed by atoms with van der Waals surface area (Å²) in [6.45, 7) is 5.51. The van der Waals surface area contributed by atoms with Crippen LogP contribution in [0.4, 0.5) is 0 Å². The van der Waals surface area contributed by atoms with Gasteiger partial charge in [-0.3, -0.25) is 4.79 Å². The average Bonchev–Trinajstić information content (AvgIpc) is 2.68. The van der Waals surface area contributed by atoms with Gasteiger partial charge in [-0.1, -0.05) is 37.3 Å². The van der Waals surface area contributed by atoms with Crippen LogP contribution in [0.1, 0.15) is 31.4 Å². The number of nitrogens with zero attached hydrogens (tertiary/aromatic N) is 1. The molecule has 1 atom stereocenters. The largest absolute Gasteiger partial charge is 0.496 e. The minimum absolute atomic E-state index is 0.0167. The molecule has 0 saturated carbocycles. The third-order valence-electron chi connectivity index (χ3n) is 4.55. The zero-order valence-corrected chi connectivity index (χ0v) is 17.6. The number of methoxy groups -OCH3 is 1. The molecule has 0 radical (unpaired) electrons. The van der Waals surface area contributed by atoms with Crippen molar-refractivity contribution in [2.24, 2.45) is 0 Å². The summed E-state index contributed by atoms with van der Waals surface area (Å²) in [7, 11) is -2.33. The standard InChI is InChI=1S/C21H28N2O4S/c1-5-17(3)22-21(24)15-23(14-18-9-7-6-8-10-18)28(25,26)19-11-12-20(27-4)16(2)13-19/h6-13,17H,5,14-15H2,1-4H3,(H,22,24)/t17-/m0/s1. The molecule has 0 spiro atoms. The Morgan fingerprint density at radius 1 is 1.18 bits per heavy atom. The van der Waals surface area contributed by atoms with Gasteiger partial charge in [-0.15, -0.1) is 0 Å². The van der Waals surface area contributed by atoms with E-state index in [1.54, 1.807) is 19.1 Å². The second kappa shape index (κ2) is 9.71. The maximum absolute atomic E-state index is 13.3. The Morgan fingerprint density at radius 2 is 1.86 bits per heavy atom. The lowest BCUT2D eigenvalue weighted by Crippen LogP contribution is -2.43. The highest BCUT2D eigenvalue weighted by molar-refractivity contribution is 7.89. The predicted molar refractivity (Wildman–Crippen MR) is 110 cm³/mol. The Balaban J connectivity index is 2.35. The third-order valence-corrected chi connectivity index (χ3v) is 6.33. The van der Waals surface area contributed by atoms with Gasteiger partial charge in [0.2, 0.25) is 15.9 Å². The molecule has 0 aliphatic heterocycles. The summed E-state index contributed by atoms with van der Waals surface area (Å²) in [5.74, 6) is 0.294. The van der Waals surface area contributed by atoms with Crippen LogP contribution in [-0.4, -0.2) is 38.3 Å². The molecule has 1 N–H and O–H groups in total. The fourth-order valence-corrected chi connectivity index (χ4v) is 4.23. The highest BCUT2D eigenvalue weighted by Crippen LogP contribution is 2.24. The van der Waals surface area contributed by atoms with Crippen LogP contribution >= 0.6 is 0 Å². The molecule has 0 fully saturated rings. The van der Waals surface area contributed by atoms with Crippen LogP contribution < -0.4 is 10.1 Å². The number of ether oxygens (including phenoxy) is 1. The number of nitrogens with one attached hydrogen (secondary N) is 1. The summed E-state index contributed by atoms with van der Waals surface area (Å²) in [6.07, 6.45) is 0.773. The fraction of sp³-hybridized carbons (Fsp3) is 0.381. The quantitative estimate of drug-likeness (QED) is 0.697. The number of amides is 1. The number of aryl methyl sites for hydroxylation is 1. The number of sulfonamides is 1. The average molecular weight is 405 g/mol. The molecule has 152 valence electrons. The Labute approximate surface area is 167 Å². The summed E-state index contributed by atoms with van der Waals surface area (Å²) in [6, 6.07) is 13.9. The maximum atomic E-state index is 13.3. The highest BCUT2D eigenvalue weighted by Gasteiger charge is 2.27. The Morgan fingerprint density at radius 3 is 2.43 bits per heavy atom. The Hall–Kier alpha value is -2.38. The van der Waals surface area contributed by atoms with E-state index in [2.05, 4.69) is 5.32 Å². The molecule has 0 saturated heterocycles. The number of rotatable bonds is 9. The second-order valence-corrected chi connectivity index (χ2v) is 8.70. The van der Waals surface area contributed by atoms with E-state index in [4.69, 9.17) is 4.74 Å². The molecule has 0 bridgehead atoms. The van der Waals surface area contributed by atoms with Crippen LogP contribution in [0, 0.1) is 6.92 Å². The Kier molecular flexibility index (Phi) is 7.60. The van der Waals surface area contributed by atoms with E-state index in [-0.39, 0.29) is 29.9 Å². The van der Waals surface area contributed by atoms with Crippen LogP contribution in [-0.2, 0) is 21.4 Å². The lowest BCUT2D eigenvalue weighted by atomic mass is 10.2. The first-order chi connectivity index (χ1) is 13.3. The van der Waals surface area contributed by atoms with Crippen molar-refractivity contribution in [1.82, 2.24) is 9.62 Å². The first-order valence-corrected chi connectivity index (χ1v) is 10.7. The number of carbonyl (C=O) groups excluding carboxylic acids is 1. The van der Waals surface area contributed by atoms with Crippen molar-refractivity contribution in [2.45, 2.75) is 44.7 Å². The SMILES string of the molecule is CC[C@H](C)NC(=O)CN(Cc1ccccc1)S(=O)(=O)c1ccc(OC)c(C)c1. The zero-order valence-electron chi connectivity index (χ0n) is 16.8. The van der Waals surface area contributed by atoms with Crippen LogP contribution in [0.25, 0.3) is 0 Å². The molecule has 0 heterocycles. The van der Waals surface area contributed by atoms with E-state index < -0.39 is 10.0 Å². The molecular formula is C21H28N2O4S. The van der Waals surface area contributed by atoms with Crippen molar-refractivity contribution < 1.29 is 17.9 Å². The van der Waals surface area contributed by atoms with E-state index in [0.717, 1.165) is 12.0 Å². The molecular weight excluding hydrogens is 376 g/mol. The lowest BCUT2D eigenvalue weighted by molar-refractivity contribution is -0.122. The van der Waals surface area contributed by atoms with Gasteiger partial charge in [0.1, 0.15) is 5.75 Å². The van der Waals surface area contributed by atoms with Crippen LogP contribution in [0.3, 0.4) is 0 Å². The molecule has 0 aromatic heterocycles. The monoisotopic (exact) mass is 404 g/mol. The minimum Gasteiger partial charge on any atom is -0.496 e. The van der Waals surface area contributed by atoms with Crippen LogP contribution in [0.5, 0.6) is 5.75 Å². The van der Waals surface area contributed by atoms with Crippen LogP contribution in [0.2, 0.25) is 0 Å². The molecule has 1 amide bonds. The van der Waals surface area contributed by atoms with Crippen molar-refractivity contribution in [1.29, 1.82) is 0 Å². The zero-order chi connectivity index (χ0) is 20.7. The number of carbonyl (C=O) groups is 1. The van der Waals surface area contributed by atoms with Gasteiger partial charge in [-0.25, -0.2) is 8.42 Å². The molecule has 0 aliphatic rings. The predicted octanol–water partition coefficient (Wildman–Crippen LogP) is 3.11. The summed E-state index contributed by atoms with van der Waals surface area (Å²) in [4.78, 5) is 12.6. The maximum Gasteiger partial charge on any atom is 0.243 e. The summed E-state index contributed by atoms with van der Waals surface area (Å²) in [5.41, 5.74) is 1.53. The normalized spacial score (nSPS) is 12.6. The van der Waals surface area contributed by atoms with Gasteiger partial charge in [0, 0.05) is 12.6 Å². The fourth-order valence-electron chi connectivity index (χ4n) is 2.76. The van der Waals surface area contributed by atoms with Gasteiger partial charge in [0.25, 0.3) is 0 Å². The number of benzene rings is 2.